The van der Waals surface area contributed by atoms with Gasteiger partial charge < -0.3 is 0 Å². The summed E-state index contributed by atoms with van der Waals surface area (Å²) >= 11 is 0. The third-order valence-corrected chi connectivity index (χ3v) is 2.92. The van der Waals surface area contributed by atoms with Crippen LogP contribution in [0.25, 0.3) is 5.69 Å². The van der Waals surface area contributed by atoms with Crippen LogP contribution in [0.3, 0.4) is 0 Å². The van der Waals surface area contributed by atoms with E-state index in [0.29, 0.717) is 0 Å². The molecule has 18 heavy (non-hydrogen) atoms. The van der Waals surface area contributed by atoms with Crippen LogP contribution in [0.1, 0.15) is 28.5 Å². The molecule has 0 amide bonds. The Morgan fingerprint density at radius 1 is 1.11 bits per heavy atom. The molecule has 0 fully saturated rings. The Morgan fingerprint density at radius 3 is 2.44 bits per heavy atom. The summed E-state index contributed by atoms with van der Waals surface area (Å²) in [5.74, 6) is -0.207. The quantitative estimate of drug-likeness (QED) is 0.758. The topological polar surface area (TPSA) is 39.1 Å². The zero-order valence-corrected chi connectivity index (χ0v) is 10.7. The van der Waals surface area contributed by atoms with Crippen molar-refractivity contribution in [3.8, 4) is 5.69 Å². The Bertz CT molecular complexity index is 668. The highest BCUT2D eigenvalue weighted by Gasteiger charge is 2.11. The molecule has 0 radical (unpaired) electrons. The molecule has 0 spiro atoms. The summed E-state index contributed by atoms with van der Waals surface area (Å²) in [4.78, 5) is 23.7. The van der Waals surface area contributed by atoms with Gasteiger partial charge >= 0.3 is 0 Å². The van der Waals surface area contributed by atoms with Gasteiger partial charge in [0.25, 0.3) is 5.56 Å². The number of Topliss-reactive ketones (excluding diaryl/α,β-unsaturated/α-hetero) is 1. The van der Waals surface area contributed by atoms with Gasteiger partial charge in [0.15, 0.2) is 5.78 Å². The van der Waals surface area contributed by atoms with E-state index in [1.165, 1.54) is 6.92 Å². The minimum atomic E-state index is -0.256. The van der Waals surface area contributed by atoms with E-state index in [-0.39, 0.29) is 16.9 Å². The maximum Gasteiger partial charge on any atom is 0.266 e. The summed E-state index contributed by atoms with van der Waals surface area (Å²) in [5.41, 5.74) is 2.65. The fourth-order valence-corrected chi connectivity index (χ4v) is 1.99. The molecular weight excluding hydrogens is 226 g/mol. The fourth-order valence-electron chi connectivity index (χ4n) is 1.99. The zero-order chi connectivity index (χ0) is 13.3. The smallest absolute Gasteiger partial charge is 0.266 e. The van der Waals surface area contributed by atoms with Crippen molar-refractivity contribution >= 4 is 5.78 Å². The number of aromatic nitrogens is 1. The van der Waals surface area contributed by atoms with E-state index in [4.69, 9.17) is 0 Å². The van der Waals surface area contributed by atoms with Crippen LogP contribution in [-0.2, 0) is 0 Å². The van der Waals surface area contributed by atoms with E-state index in [9.17, 15) is 9.59 Å². The molecule has 0 unspecified atom stereocenters. The molecular formula is C15H15NO2. The predicted molar refractivity (Wildman–Crippen MR) is 71.5 cm³/mol. The van der Waals surface area contributed by atoms with Gasteiger partial charge in [-0.25, -0.2) is 0 Å². The number of hydrogen-bond donors (Lipinski definition) is 0. The summed E-state index contributed by atoms with van der Waals surface area (Å²) in [6.07, 6.45) is 0. The summed E-state index contributed by atoms with van der Waals surface area (Å²) in [6.45, 7) is 5.24. The number of nitrogens with zero attached hydrogens (tertiary/aromatic N) is 1. The summed E-state index contributed by atoms with van der Waals surface area (Å²) in [7, 11) is 0. The molecule has 0 aliphatic rings. The van der Waals surface area contributed by atoms with Gasteiger partial charge in [-0.05, 0) is 50.6 Å². The number of aryl methyl sites for hydroxylation is 2. The van der Waals surface area contributed by atoms with Crippen molar-refractivity contribution in [3.05, 3.63) is 63.6 Å². The zero-order valence-electron chi connectivity index (χ0n) is 10.7. The Balaban J connectivity index is 2.75. The van der Waals surface area contributed by atoms with E-state index in [1.807, 2.05) is 38.1 Å². The Kier molecular flexibility index (Phi) is 3.15. The van der Waals surface area contributed by atoms with Gasteiger partial charge in [-0.1, -0.05) is 12.1 Å². The monoisotopic (exact) mass is 241 g/mol. The van der Waals surface area contributed by atoms with E-state index in [0.717, 1.165) is 16.9 Å². The number of rotatable bonds is 2. The van der Waals surface area contributed by atoms with E-state index < -0.39 is 0 Å². The summed E-state index contributed by atoms with van der Waals surface area (Å²) in [6, 6.07) is 11.0. The number of carbonyl (C=O) groups excluding carboxylic acids is 1. The Labute approximate surface area is 106 Å². The SMILES string of the molecule is CC(=O)c1ccc(C)n(-c2cccc(C)c2)c1=O. The maximum absolute atomic E-state index is 12.3. The first-order valence-corrected chi connectivity index (χ1v) is 5.81. The second-order valence-electron chi connectivity index (χ2n) is 4.42. The minimum Gasteiger partial charge on any atom is -0.294 e. The maximum atomic E-state index is 12.3. The second-order valence-corrected chi connectivity index (χ2v) is 4.42. The highest BCUT2D eigenvalue weighted by molar-refractivity contribution is 5.93. The number of hydrogen-bond acceptors (Lipinski definition) is 2. The standard InChI is InChI=1S/C15H15NO2/c1-10-5-4-6-13(9-10)16-11(2)7-8-14(12(3)17)15(16)18/h4-9H,1-3H3. The van der Waals surface area contributed by atoms with Crippen molar-refractivity contribution in [1.82, 2.24) is 4.57 Å². The van der Waals surface area contributed by atoms with E-state index in [1.54, 1.807) is 16.7 Å². The van der Waals surface area contributed by atoms with Crippen LogP contribution in [0.15, 0.2) is 41.2 Å². The first-order valence-electron chi connectivity index (χ1n) is 5.81. The molecule has 3 heteroatoms. The van der Waals surface area contributed by atoms with Crippen molar-refractivity contribution < 1.29 is 4.79 Å². The summed E-state index contributed by atoms with van der Waals surface area (Å²) < 4.78 is 1.57. The van der Waals surface area contributed by atoms with Gasteiger partial charge in [0.05, 0.1) is 5.56 Å². The molecule has 0 saturated heterocycles. The van der Waals surface area contributed by atoms with Gasteiger partial charge in [-0.2, -0.15) is 0 Å². The van der Waals surface area contributed by atoms with Crippen molar-refractivity contribution in [3.63, 3.8) is 0 Å². The van der Waals surface area contributed by atoms with Crippen LogP contribution >= 0.6 is 0 Å². The Morgan fingerprint density at radius 2 is 1.83 bits per heavy atom. The molecule has 0 aliphatic carbocycles. The van der Waals surface area contributed by atoms with Crippen LogP contribution in [0.5, 0.6) is 0 Å². The average Bonchev–Trinajstić information content (AvgIpc) is 2.28. The molecule has 2 aromatic rings. The average molecular weight is 241 g/mol. The van der Waals surface area contributed by atoms with Gasteiger partial charge in [0, 0.05) is 11.4 Å². The van der Waals surface area contributed by atoms with Crippen molar-refractivity contribution in [1.29, 1.82) is 0 Å². The normalized spacial score (nSPS) is 10.4. The van der Waals surface area contributed by atoms with Crippen LogP contribution in [0.2, 0.25) is 0 Å². The van der Waals surface area contributed by atoms with E-state index >= 15 is 0 Å². The van der Waals surface area contributed by atoms with E-state index in [2.05, 4.69) is 0 Å². The lowest BCUT2D eigenvalue weighted by molar-refractivity contribution is 0.101. The molecule has 0 atom stereocenters. The predicted octanol–water partition coefficient (Wildman–Crippen LogP) is 2.66. The third-order valence-electron chi connectivity index (χ3n) is 2.92. The lowest BCUT2D eigenvalue weighted by Gasteiger charge is -2.11. The fraction of sp³-hybridized carbons (Fsp3) is 0.200. The van der Waals surface area contributed by atoms with Gasteiger partial charge in [-0.15, -0.1) is 0 Å². The molecule has 3 nitrogen and oxygen atoms in total. The van der Waals surface area contributed by atoms with Crippen molar-refractivity contribution in [2.24, 2.45) is 0 Å². The lowest BCUT2D eigenvalue weighted by Crippen LogP contribution is -2.25. The molecule has 0 N–H and O–H groups in total. The number of carbonyl (C=O) groups is 1. The second kappa shape index (κ2) is 4.61. The van der Waals surface area contributed by atoms with Crippen molar-refractivity contribution in [2.75, 3.05) is 0 Å². The van der Waals surface area contributed by atoms with Gasteiger partial charge in [0.1, 0.15) is 0 Å². The molecule has 2 rings (SSSR count). The molecule has 1 heterocycles. The van der Waals surface area contributed by atoms with Crippen molar-refractivity contribution in [2.45, 2.75) is 20.8 Å². The molecule has 0 aliphatic heterocycles. The lowest BCUT2D eigenvalue weighted by atomic mass is 10.1. The third kappa shape index (κ3) is 2.12. The van der Waals surface area contributed by atoms with Gasteiger partial charge in [-0.3, -0.25) is 14.2 Å². The molecule has 1 aromatic heterocycles. The number of pyridine rings is 1. The van der Waals surface area contributed by atoms with Gasteiger partial charge in [0.2, 0.25) is 0 Å². The molecule has 0 saturated carbocycles. The minimum absolute atomic E-state index is 0.207. The Hall–Kier alpha value is -2.16. The summed E-state index contributed by atoms with van der Waals surface area (Å²) in [5, 5.41) is 0. The molecule has 92 valence electrons. The highest BCUT2D eigenvalue weighted by atomic mass is 16.1. The van der Waals surface area contributed by atoms with Crippen LogP contribution in [0, 0.1) is 13.8 Å². The largest absolute Gasteiger partial charge is 0.294 e. The number of ketones is 1. The van der Waals surface area contributed by atoms with Crippen LogP contribution < -0.4 is 5.56 Å². The highest BCUT2D eigenvalue weighted by Crippen LogP contribution is 2.11. The first kappa shape index (κ1) is 12.3. The molecule has 1 aromatic carbocycles. The first-order chi connectivity index (χ1) is 8.50. The molecule has 0 bridgehead atoms. The van der Waals surface area contributed by atoms with Crippen LogP contribution in [-0.4, -0.2) is 10.4 Å². The van der Waals surface area contributed by atoms with Crippen LogP contribution in [0.4, 0.5) is 0 Å². The number of benzene rings is 1.